The Labute approximate surface area is 71.9 Å². The van der Waals surface area contributed by atoms with Crippen LogP contribution in [0.1, 0.15) is 12.8 Å². The highest BCUT2D eigenvalue weighted by Crippen LogP contribution is 2.14. The fraction of sp³-hybridized carbons (Fsp3) is 0.750. The van der Waals surface area contributed by atoms with E-state index in [0.29, 0.717) is 5.92 Å². The summed E-state index contributed by atoms with van der Waals surface area (Å²) in [5.74, 6) is 0.548. The molecule has 0 aromatic heterocycles. The second-order valence-electron chi connectivity index (χ2n) is 3.11. The molecule has 1 aliphatic rings. The zero-order valence-corrected chi connectivity index (χ0v) is 7.03. The van der Waals surface area contributed by atoms with E-state index in [1.807, 2.05) is 0 Å². The summed E-state index contributed by atoms with van der Waals surface area (Å²) in [7, 11) is 0. The minimum Gasteiger partial charge on any atom is -0.358 e. The van der Waals surface area contributed by atoms with Crippen molar-refractivity contribution in [1.29, 1.82) is 0 Å². The van der Waals surface area contributed by atoms with Crippen LogP contribution in [0.2, 0.25) is 0 Å². The Morgan fingerprint density at radius 3 is 2.50 bits per heavy atom. The van der Waals surface area contributed by atoms with Crippen molar-refractivity contribution in [3.05, 3.63) is 0 Å². The zero-order chi connectivity index (χ0) is 8.81. The lowest BCUT2D eigenvalue weighted by Crippen LogP contribution is -2.36. The van der Waals surface area contributed by atoms with Gasteiger partial charge in [0.25, 0.3) is 0 Å². The average molecular weight is 170 g/mol. The van der Waals surface area contributed by atoms with E-state index < -0.39 is 0 Å². The van der Waals surface area contributed by atoms with Gasteiger partial charge in [-0.2, -0.15) is 0 Å². The van der Waals surface area contributed by atoms with Crippen molar-refractivity contribution in [3.63, 3.8) is 0 Å². The van der Waals surface area contributed by atoms with Crippen molar-refractivity contribution < 1.29 is 9.59 Å². The third-order valence-electron chi connectivity index (χ3n) is 2.29. The number of amides is 2. The number of carbonyl (C=O) groups is 2. The van der Waals surface area contributed by atoms with Gasteiger partial charge in [-0.05, 0) is 18.8 Å². The molecule has 4 nitrogen and oxygen atoms in total. The molecule has 1 rings (SSSR count). The van der Waals surface area contributed by atoms with Gasteiger partial charge >= 0.3 is 0 Å². The van der Waals surface area contributed by atoms with Crippen molar-refractivity contribution in [2.45, 2.75) is 12.8 Å². The van der Waals surface area contributed by atoms with Crippen molar-refractivity contribution in [1.82, 2.24) is 10.2 Å². The van der Waals surface area contributed by atoms with Gasteiger partial charge in [-0.15, -0.1) is 0 Å². The molecule has 1 fully saturated rings. The molecule has 1 N–H and O–H groups in total. The summed E-state index contributed by atoms with van der Waals surface area (Å²) in [5, 5.41) is 2.66. The molecule has 0 spiro atoms. The molecular formula is C8H14N2O2. The fourth-order valence-electron chi connectivity index (χ4n) is 1.48. The molecule has 4 heteroatoms. The molecule has 0 aromatic rings. The van der Waals surface area contributed by atoms with Gasteiger partial charge in [-0.1, -0.05) is 0 Å². The van der Waals surface area contributed by atoms with Gasteiger partial charge in [-0.3, -0.25) is 9.59 Å². The molecule has 0 aliphatic carbocycles. The van der Waals surface area contributed by atoms with Gasteiger partial charge in [-0.25, -0.2) is 0 Å². The molecule has 12 heavy (non-hydrogen) atoms. The second-order valence-corrected chi connectivity index (χ2v) is 3.11. The van der Waals surface area contributed by atoms with E-state index in [9.17, 15) is 9.59 Å². The lowest BCUT2D eigenvalue weighted by atomic mass is 9.97. The second kappa shape index (κ2) is 4.74. The van der Waals surface area contributed by atoms with Crippen LogP contribution in [0.25, 0.3) is 0 Å². The van der Waals surface area contributed by atoms with Crippen molar-refractivity contribution in [2.75, 3.05) is 19.6 Å². The molecule has 68 valence electrons. The molecule has 1 heterocycles. The number of likely N-dealkylation sites (tertiary alicyclic amines) is 1. The van der Waals surface area contributed by atoms with E-state index in [1.165, 1.54) is 0 Å². The van der Waals surface area contributed by atoms with Gasteiger partial charge < -0.3 is 10.2 Å². The molecule has 1 saturated heterocycles. The maximum absolute atomic E-state index is 10.3. The SMILES string of the molecule is O=CNCC1CCN(C=O)CC1. The van der Waals surface area contributed by atoms with Crippen LogP contribution in [0, 0.1) is 5.92 Å². The summed E-state index contributed by atoms with van der Waals surface area (Å²) in [6.45, 7) is 2.40. The first-order valence-corrected chi connectivity index (χ1v) is 4.23. The predicted octanol–water partition coefficient (Wildman–Crippen LogP) is -0.399. The maximum atomic E-state index is 10.3. The summed E-state index contributed by atoms with van der Waals surface area (Å²) in [5.41, 5.74) is 0. The van der Waals surface area contributed by atoms with Crippen molar-refractivity contribution in [2.24, 2.45) is 5.92 Å². The van der Waals surface area contributed by atoms with Gasteiger partial charge in [0.05, 0.1) is 0 Å². The molecule has 1 aliphatic heterocycles. The van der Waals surface area contributed by atoms with E-state index in [0.717, 1.165) is 45.3 Å². The Hall–Kier alpha value is -1.06. The maximum Gasteiger partial charge on any atom is 0.209 e. The highest BCUT2D eigenvalue weighted by Gasteiger charge is 2.16. The lowest BCUT2D eigenvalue weighted by molar-refractivity contribution is -0.119. The Balaban J connectivity index is 2.16. The Kier molecular flexibility index (Phi) is 3.57. The Bertz CT molecular complexity index is 153. The number of hydrogen-bond acceptors (Lipinski definition) is 2. The van der Waals surface area contributed by atoms with Gasteiger partial charge in [0, 0.05) is 19.6 Å². The third-order valence-corrected chi connectivity index (χ3v) is 2.29. The standard InChI is InChI=1S/C8H14N2O2/c11-6-9-5-8-1-3-10(7-12)4-2-8/h6-8H,1-5H2,(H,9,11). The minimum absolute atomic E-state index is 0.548. The normalized spacial score (nSPS) is 18.8. The summed E-state index contributed by atoms with van der Waals surface area (Å²) in [6, 6.07) is 0. The molecule has 0 saturated carbocycles. The number of carbonyl (C=O) groups excluding carboxylic acids is 2. The van der Waals surface area contributed by atoms with E-state index >= 15 is 0 Å². The van der Waals surface area contributed by atoms with Crippen LogP contribution in [0.3, 0.4) is 0 Å². The molecule has 0 radical (unpaired) electrons. The quantitative estimate of drug-likeness (QED) is 0.584. The summed E-state index contributed by atoms with van der Waals surface area (Å²) < 4.78 is 0. The third kappa shape index (κ3) is 2.53. The van der Waals surface area contributed by atoms with Crippen LogP contribution < -0.4 is 5.32 Å². The number of nitrogens with one attached hydrogen (secondary N) is 1. The van der Waals surface area contributed by atoms with Gasteiger partial charge in [0.2, 0.25) is 12.8 Å². The van der Waals surface area contributed by atoms with E-state index in [-0.39, 0.29) is 0 Å². The fourth-order valence-corrected chi connectivity index (χ4v) is 1.48. The molecule has 0 aromatic carbocycles. The van der Waals surface area contributed by atoms with E-state index in [1.54, 1.807) is 4.90 Å². The summed E-state index contributed by atoms with van der Waals surface area (Å²) in [4.78, 5) is 22.1. The van der Waals surface area contributed by atoms with Crippen LogP contribution in [0.4, 0.5) is 0 Å². The number of hydrogen-bond donors (Lipinski definition) is 1. The first-order valence-electron chi connectivity index (χ1n) is 4.23. The van der Waals surface area contributed by atoms with Gasteiger partial charge in [0.15, 0.2) is 0 Å². The van der Waals surface area contributed by atoms with E-state index in [4.69, 9.17) is 0 Å². The number of nitrogens with zero attached hydrogens (tertiary/aromatic N) is 1. The molecule has 0 unspecified atom stereocenters. The number of piperidine rings is 1. The highest BCUT2D eigenvalue weighted by atomic mass is 16.1. The Morgan fingerprint density at radius 1 is 1.33 bits per heavy atom. The van der Waals surface area contributed by atoms with Gasteiger partial charge in [0.1, 0.15) is 0 Å². The molecule has 0 bridgehead atoms. The number of rotatable bonds is 4. The zero-order valence-electron chi connectivity index (χ0n) is 7.03. The van der Waals surface area contributed by atoms with E-state index in [2.05, 4.69) is 5.32 Å². The van der Waals surface area contributed by atoms with Crippen LogP contribution in [-0.4, -0.2) is 37.4 Å². The van der Waals surface area contributed by atoms with Crippen LogP contribution in [0.15, 0.2) is 0 Å². The van der Waals surface area contributed by atoms with Crippen LogP contribution >= 0.6 is 0 Å². The van der Waals surface area contributed by atoms with Crippen molar-refractivity contribution in [3.8, 4) is 0 Å². The molecular weight excluding hydrogens is 156 g/mol. The lowest BCUT2D eigenvalue weighted by Gasteiger charge is -2.28. The summed E-state index contributed by atoms with van der Waals surface area (Å²) in [6.07, 6.45) is 3.62. The van der Waals surface area contributed by atoms with Crippen molar-refractivity contribution >= 4 is 12.8 Å². The monoisotopic (exact) mass is 170 g/mol. The minimum atomic E-state index is 0.548. The van der Waals surface area contributed by atoms with Crippen LogP contribution in [0.5, 0.6) is 0 Å². The molecule has 0 atom stereocenters. The largest absolute Gasteiger partial charge is 0.358 e. The Morgan fingerprint density at radius 2 is 2.00 bits per heavy atom. The predicted molar refractivity (Wildman–Crippen MR) is 44.4 cm³/mol. The highest BCUT2D eigenvalue weighted by molar-refractivity contribution is 5.47. The molecule has 2 amide bonds. The first-order chi connectivity index (χ1) is 5.86. The topological polar surface area (TPSA) is 49.4 Å². The van der Waals surface area contributed by atoms with Crippen LogP contribution in [-0.2, 0) is 9.59 Å². The average Bonchev–Trinajstić information content (AvgIpc) is 2.15. The smallest absolute Gasteiger partial charge is 0.209 e. The first kappa shape index (κ1) is 9.03. The summed E-state index contributed by atoms with van der Waals surface area (Å²) >= 11 is 0.